The molecule has 1 aliphatic heterocycles. The van der Waals surface area contributed by atoms with Gasteiger partial charge in [0, 0.05) is 30.4 Å². The smallest absolute Gasteiger partial charge is 0.214 e. The highest BCUT2D eigenvalue weighted by Crippen LogP contribution is 2.23. The van der Waals surface area contributed by atoms with Gasteiger partial charge in [-0.2, -0.15) is 4.68 Å². The van der Waals surface area contributed by atoms with E-state index in [2.05, 4.69) is 45.5 Å². The normalized spacial score (nSPS) is 17.7. The lowest BCUT2D eigenvalue weighted by molar-refractivity contribution is -0.0187. The number of nitrogens with zero attached hydrogens (tertiary/aromatic N) is 5. The van der Waals surface area contributed by atoms with E-state index in [4.69, 9.17) is 16.3 Å². The van der Waals surface area contributed by atoms with Crippen molar-refractivity contribution in [1.82, 2.24) is 25.1 Å². The molecule has 28 heavy (non-hydrogen) atoms. The van der Waals surface area contributed by atoms with Crippen LogP contribution >= 0.6 is 23.4 Å². The van der Waals surface area contributed by atoms with Crippen LogP contribution in [0, 0.1) is 6.92 Å². The van der Waals surface area contributed by atoms with Gasteiger partial charge < -0.3 is 4.74 Å². The molecule has 8 heteroatoms. The largest absolute Gasteiger partial charge is 0.375 e. The van der Waals surface area contributed by atoms with Gasteiger partial charge in [-0.1, -0.05) is 59.3 Å². The molecule has 1 saturated heterocycles. The van der Waals surface area contributed by atoms with Crippen LogP contribution in [0.1, 0.15) is 11.1 Å². The first-order chi connectivity index (χ1) is 13.7. The van der Waals surface area contributed by atoms with Gasteiger partial charge in [-0.25, -0.2) is 0 Å². The number of tetrazole rings is 1. The minimum absolute atomic E-state index is 0.129. The summed E-state index contributed by atoms with van der Waals surface area (Å²) >= 11 is 7.93. The van der Waals surface area contributed by atoms with E-state index >= 15 is 0 Å². The van der Waals surface area contributed by atoms with Crippen LogP contribution in [0.25, 0.3) is 5.69 Å². The predicted octanol–water partition coefficient (Wildman–Crippen LogP) is 3.62. The van der Waals surface area contributed by atoms with E-state index in [1.807, 2.05) is 30.3 Å². The second kappa shape index (κ2) is 9.05. The maximum Gasteiger partial charge on any atom is 0.214 e. The van der Waals surface area contributed by atoms with Gasteiger partial charge in [-0.05, 0) is 41.1 Å². The molecule has 2 aromatic carbocycles. The summed E-state index contributed by atoms with van der Waals surface area (Å²) in [4.78, 5) is 2.39. The quantitative estimate of drug-likeness (QED) is 0.573. The van der Waals surface area contributed by atoms with E-state index in [0.29, 0.717) is 0 Å². The summed E-state index contributed by atoms with van der Waals surface area (Å²) < 4.78 is 7.73. The van der Waals surface area contributed by atoms with Crippen molar-refractivity contribution in [1.29, 1.82) is 0 Å². The first-order valence-corrected chi connectivity index (χ1v) is 10.6. The Morgan fingerprint density at radius 3 is 2.82 bits per heavy atom. The van der Waals surface area contributed by atoms with Crippen LogP contribution in [0.15, 0.2) is 53.7 Å². The maximum absolute atomic E-state index is 6.31. The number of ether oxygens (including phenoxy) is 1. The van der Waals surface area contributed by atoms with Crippen LogP contribution in [-0.2, 0) is 11.3 Å². The number of hydrogen-bond acceptors (Lipinski definition) is 6. The van der Waals surface area contributed by atoms with E-state index in [1.165, 1.54) is 5.56 Å². The van der Waals surface area contributed by atoms with Crippen molar-refractivity contribution in [2.24, 2.45) is 0 Å². The number of aryl methyl sites for hydroxylation is 1. The fourth-order valence-corrected chi connectivity index (χ4v) is 4.27. The molecule has 6 nitrogen and oxygen atoms in total. The highest BCUT2D eigenvalue weighted by atomic mass is 35.5. The van der Waals surface area contributed by atoms with Crippen molar-refractivity contribution in [2.75, 3.05) is 25.4 Å². The van der Waals surface area contributed by atoms with Crippen LogP contribution in [0.3, 0.4) is 0 Å². The summed E-state index contributed by atoms with van der Waals surface area (Å²) in [7, 11) is 0. The molecule has 0 N–H and O–H groups in total. The lowest BCUT2D eigenvalue weighted by atomic mass is 10.2. The van der Waals surface area contributed by atoms with Crippen molar-refractivity contribution < 1.29 is 4.74 Å². The molecule has 0 bridgehead atoms. The summed E-state index contributed by atoms with van der Waals surface area (Å²) in [6, 6.07) is 16.2. The molecule has 1 atom stereocenters. The highest BCUT2D eigenvalue weighted by Gasteiger charge is 2.22. The summed E-state index contributed by atoms with van der Waals surface area (Å²) in [5, 5.41) is 13.7. The van der Waals surface area contributed by atoms with Gasteiger partial charge in [-0.3, -0.25) is 4.90 Å². The van der Waals surface area contributed by atoms with Crippen LogP contribution in [0.4, 0.5) is 0 Å². The molecule has 0 radical (unpaired) electrons. The Bertz CT molecular complexity index is 917. The molecular weight excluding hydrogens is 394 g/mol. The Morgan fingerprint density at radius 1 is 1.18 bits per heavy atom. The molecule has 0 unspecified atom stereocenters. The second-order valence-corrected chi connectivity index (χ2v) is 8.23. The molecule has 1 aliphatic rings. The number of aromatic nitrogens is 4. The Hall–Kier alpha value is -1.93. The van der Waals surface area contributed by atoms with Gasteiger partial charge in [0.25, 0.3) is 0 Å². The monoisotopic (exact) mass is 415 g/mol. The zero-order valence-corrected chi connectivity index (χ0v) is 17.2. The molecule has 0 saturated carbocycles. The standard InChI is InChI=1S/C20H22ClN5OS/c1-15-6-8-17(9-7-15)26-20(22-23-24-26)28-14-18-13-25(10-11-27-18)12-16-4-2-3-5-19(16)21/h2-9,18H,10-14H2,1H3/t18-/m1/s1. The van der Waals surface area contributed by atoms with Crippen LogP contribution < -0.4 is 0 Å². The summed E-state index contributed by atoms with van der Waals surface area (Å²) in [6.07, 6.45) is 0.129. The Balaban J connectivity index is 1.36. The summed E-state index contributed by atoms with van der Waals surface area (Å²) in [5.74, 6) is 0.797. The molecular formula is C20H22ClN5OS. The third kappa shape index (κ3) is 4.72. The SMILES string of the molecule is Cc1ccc(-n2nnnc2SC[C@H]2CN(Cc3ccccc3Cl)CCO2)cc1. The van der Waals surface area contributed by atoms with Crippen molar-refractivity contribution in [3.63, 3.8) is 0 Å². The minimum atomic E-state index is 0.129. The average molecular weight is 416 g/mol. The number of thioether (sulfide) groups is 1. The van der Waals surface area contributed by atoms with Crippen molar-refractivity contribution in [2.45, 2.75) is 24.7 Å². The molecule has 1 aromatic heterocycles. The zero-order valence-electron chi connectivity index (χ0n) is 15.7. The number of benzene rings is 2. The topological polar surface area (TPSA) is 56.1 Å². The molecule has 0 amide bonds. The van der Waals surface area contributed by atoms with Crippen molar-refractivity contribution >= 4 is 23.4 Å². The predicted molar refractivity (Wildman–Crippen MR) is 111 cm³/mol. The summed E-state index contributed by atoms with van der Waals surface area (Å²) in [5.41, 5.74) is 3.32. The molecule has 146 valence electrons. The number of halogens is 1. The van der Waals surface area contributed by atoms with Crippen LogP contribution in [0.2, 0.25) is 5.02 Å². The molecule has 1 fully saturated rings. The number of morpholine rings is 1. The Labute approximate surface area is 173 Å². The van der Waals surface area contributed by atoms with Gasteiger partial charge in [-0.15, -0.1) is 5.10 Å². The minimum Gasteiger partial charge on any atom is -0.375 e. The highest BCUT2D eigenvalue weighted by molar-refractivity contribution is 7.99. The lowest BCUT2D eigenvalue weighted by Gasteiger charge is -2.32. The van der Waals surface area contributed by atoms with E-state index in [0.717, 1.165) is 53.4 Å². The van der Waals surface area contributed by atoms with Crippen molar-refractivity contribution in [3.8, 4) is 5.69 Å². The third-order valence-corrected chi connectivity index (χ3v) is 6.11. The van der Waals surface area contributed by atoms with Gasteiger partial charge >= 0.3 is 0 Å². The molecule has 0 aliphatic carbocycles. The van der Waals surface area contributed by atoms with Crippen LogP contribution in [0.5, 0.6) is 0 Å². The molecule has 0 spiro atoms. The van der Waals surface area contributed by atoms with Gasteiger partial charge in [0.05, 0.1) is 18.4 Å². The average Bonchev–Trinajstić information content (AvgIpc) is 3.18. The van der Waals surface area contributed by atoms with E-state index in [-0.39, 0.29) is 6.10 Å². The Morgan fingerprint density at radius 2 is 2.00 bits per heavy atom. The lowest BCUT2D eigenvalue weighted by Crippen LogP contribution is -2.43. The van der Waals surface area contributed by atoms with Gasteiger partial charge in [0.15, 0.2) is 0 Å². The third-order valence-electron chi connectivity index (χ3n) is 4.69. The van der Waals surface area contributed by atoms with Gasteiger partial charge in [0.2, 0.25) is 5.16 Å². The maximum atomic E-state index is 6.31. The van der Waals surface area contributed by atoms with E-state index < -0.39 is 0 Å². The first kappa shape index (κ1) is 19.4. The van der Waals surface area contributed by atoms with Crippen molar-refractivity contribution in [3.05, 3.63) is 64.7 Å². The fraction of sp³-hybridized carbons (Fsp3) is 0.350. The zero-order chi connectivity index (χ0) is 19.3. The van der Waals surface area contributed by atoms with E-state index in [9.17, 15) is 0 Å². The summed E-state index contributed by atoms with van der Waals surface area (Å²) in [6.45, 7) is 5.40. The fourth-order valence-electron chi connectivity index (χ4n) is 3.18. The van der Waals surface area contributed by atoms with E-state index in [1.54, 1.807) is 16.4 Å². The van der Waals surface area contributed by atoms with Crippen LogP contribution in [-0.4, -0.2) is 56.7 Å². The second-order valence-electron chi connectivity index (χ2n) is 6.84. The molecule has 4 rings (SSSR count). The first-order valence-electron chi connectivity index (χ1n) is 9.24. The Kier molecular flexibility index (Phi) is 6.26. The molecule has 2 heterocycles. The number of rotatable bonds is 6. The molecule has 3 aromatic rings. The number of hydrogen-bond donors (Lipinski definition) is 0. The van der Waals surface area contributed by atoms with Gasteiger partial charge in [0.1, 0.15) is 0 Å².